The van der Waals surface area contributed by atoms with Crippen molar-refractivity contribution in [3.05, 3.63) is 73.1 Å². The Morgan fingerprint density at radius 1 is 1.16 bits per heavy atom. The first-order chi connectivity index (χ1) is 18.3. The maximum absolute atomic E-state index is 12.2. The average Bonchev–Trinajstić information content (AvgIpc) is 3.31. The van der Waals surface area contributed by atoms with Crippen LogP contribution in [-0.4, -0.2) is 71.8 Å². The normalized spacial score (nSPS) is 11.0. The largest absolute Gasteiger partial charge is 0.494 e. The lowest BCUT2D eigenvalue weighted by atomic mass is 10.2. The molecule has 0 saturated heterocycles. The van der Waals surface area contributed by atoms with Gasteiger partial charge in [0.25, 0.3) is 0 Å². The molecule has 0 unspecified atom stereocenters. The Morgan fingerprint density at radius 3 is 2.66 bits per heavy atom. The van der Waals surface area contributed by atoms with Crippen molar-refractivity contribution >= 4 is 39.8 Å². The Morgan fingerprint density at radius 2 is 1.95 bits per heavy atom. The molecule has 0 saturated carbocycles. The number of para-hydroxylation sites is 1. The lowest BCUT2D eigenvalue weighted by Gasteiger charge is -2.26. The Labute approximate surface area is 222 Å². The number of aromatic nitrogens is 3. The molecular weight excluding hydrogens is 482 g/mol. The van der Waals surface area contributed by atoms with Crippen LogP contribution in [0.4, 0.5) is 23.0 Å². The van der Waals surface area contributed by atoms with E-state index in [0.29, 0.717) is 28.9 Å². The van der Waals surface area contributed by atoms with Crippen molar-refractivity contribution < 1.29 is 14.6 Å². The van der Waals surface area contributed by atoms with Gasteiger partial charge in [-0.3, -0.25) is 4.79 Å². The first-order valence-electron chi connectivity index (χ1n) is 12.2. The van der Waals surface area contributed by atoms with Crippen LogP contribution in [0.3, 0.4) is 0 Å². The van der Waals surface area contributed by atoms with Crippen molar-refractivity contribution in [3.63, 3.8) is 0 Å². The van der Waals surface area contributed by atoms with Crippen molar-refractivity contribution in [1.82, 2.24) is 19.4 Å². The van der Waals surface area contributed by atoms with Gasteiger partial charge < -0.3 is 34.8 Å². The van der Waals surface area contributed by atoms with E-state index in [-0.39, 0.29) is 12.5 Å². The van der Waals surface area contributed by atoms with Crippen LogP contribution in [0.15, 0.2) is 67.5 Å². The molecule has 0 spiro atoms. The van der Waals surface area contributed by atoms with Crippen LogP contribution in [0.1, 0.15) is 5.56 Å². The second-order valence-corrected chi connectivity index (χ2v) is 9.05. The Kier molecular flexibility index (Phi) is 8.25. The van der Waals surface area contributed by atoms with Crippen LogP contribution in [0.25, 0.3) is 16.7 Å². The minimum Gasteiger partial charge on any atom is -0.494 e. The van der Waals surface area contributed by atoms with E-state index in [1.165, 1.54) is 6.08 Å². The van der Waals surface area contributed by atoms with E-state index in [4.69, 9.17) is 9.72 Å². The molecule has 0 atom stereocenters. The molecule has 1 amide bonds. The number of nitrogens with zero attached hydrogens (tertiary/aromatic N) is 5. The summed E-state index contributed by atoms with van der Waals surface area (Å²) < 4.78 is 7.61. The molecule has 38 heavy (non-hydrogen) atoms. The molecular formula is C28H33N7O3. The molecule has 4 rings (SSSR count). The summed E-state index contributed by atoms with van der Waals surface area (Å²) in [5.41, 5.74) is 3.72. The van der Waals surface area contributed by atoms with Gasteiger partial charge in [-0.05, 0) is 38.4 Å². The van der Waals surface area contributed by atoms with Gasteiger partial charge in [-0.25, -0.2) is 4.98 Å². The van der Waals surface area contributed by atoms with Crippen LogP contribution >= 0.6 is 0 Å². The molecule has 0 fully saturated rings. The SMILES string of the molecule is C=CC(=O)Nc1cc(Nc2nccc(-n3cc(CO)c4ccccc43)n2)c(OC)cc1N(C)CCN(C)C. The first-order valence-corrected chi connectivity index (χ1v) is 12.2. The molecule has 4 aromatic rings. The second-order valence-electron chi connectivity index (χ2n) is 9.05. The molecule has 2 aromatic heterocycles. The molecule has 2 aromatic carbocycles. The monoisotopic (exact) mass is 515 g/mol. The van der Waals surface area contributed by atoms with E-state index in [9.17, 15) is 9.90 Å². The number of aliphatic hydroxyl groups excluding tert-OH is 1. The highest BCUT2D eigenvalue weighted by molar-refractivity contribution is 6.02. The number of hydrogen-bond donors (Lipinski definition) is 3. The summed E-state index contributed by atoms with van der Waals surface area (Å²) in [5.74, 6) is 1.23. The van der Waals surface area contributed by atoms with Crippen LogP contribution in [0.5, 0.6) is 5.75 Å². The van der Waals surface area contributed by atoms with Gasteiger partial charge in [0, 0.05) is 49.5 Å². The number of carbonyl (C=O) groups excluding carboxylic acids is 1. The number of likely N-dealkylation sites (N-methyl/N-ethyl adjacent to an activating group) is 2. The fraction of sp³-hybridized carbons (Fsp3) is 0.250. The standard InChI is InChI=1S/C28H33N7O3/c1-6-27(37)30-21-15-22(25(38-5)16-24(21)34(4)14-13-33(2)3)31-28-29-12-11-26(32-28)35-17-19(18-36)20-9-7-8-10-23(20)35/h6-12,15-17,36H,1,13-14,18H2,2-5H3,(H,30,37)(H,29,31,32). The smallest absolute Gasteiger partial charge is 0.247 e. The number of nitrogens with one attached hydrogen (secondary N) is 2. The fourth-order valence-electron chi connectivity index (χ4n) is 4.14. The quantitative estimate of drug-likeness (QED) is 0.259. The zero-order valence-electron chi connectivity index (χ0n) is 22.1. The van der Waals surface area contributed by atoms with E-state index in [1.54, 1.807) is 25.4 Å². The summed E-state index contributed by atoms with van der Waals surface area (Å²) in [6, 6.07) is 13.3. The maximum atomic E-state index is 12.2. The van der Waals surface area contributed by atoms with E-state index in [0.717, 1.165) is 35.2 Å². The van der Waals surface area contributed by atoms with Crippen LogP contribution < -0.4 is 20.3 Å². The number of ether oxygens (including phenoxy) is 1. The second kappa shape index (κ2) is 11.8. The number of fused-ring (bicyclic) bond motifs is 1. The summed E-state index contributed by atoms with van der Waals surface area (Å²) >= 11 is 0. The van der Waals surface area contributed by atoms with Crippen molar-refractivity contribution in [2.24, 2.45) is 0 Å². The van der Waals surface area contributed by atoms with Gasteiger partial charge in [0.2, 0.25) is 11.9 Å². The third kappa shape index (κ3) is 5.77. The van der Waals surface area contributed by atoms with E-state index in [2.05, 4.69) is 32.0 Å². The van der Waals surface area contributed by atoms with Gasteiger partial charge in [-0.1, -0.05) is 24.8 Å². The lowest BCUT2D eigenvalue weighted by molar-refractivity contribution is -0.111. The number of hydrogen-bond acceptors (Lipinski definition) is 8. The van der Waals surface area contributed by atoms with Gasteiger partial charge in [0.1, 0.15) is 11.6 Å². The molecule has 0 radical (unpaired) electrons. The summed E-state index contributed by atoms with van der Waals surface area (Å²) in [5, 5.41) is 16.9. The number of methoxy groups -OCH3 is 1. The van der Waals surface area contributed by atoms with Gasteiger partial charge in [0.15, 0.2) is 0 Å². The third-order valence-corrected chi connectivity index (χ3v) is 6.15. The molecule has 198 valence electrons. The van der Waals surface area contributed by atoms with Crippen LogP contribution in [0, 0.1) is 0 Å². The molecule has 0 aliphatic rings. The first kappa shape index (κ1) is 26.6. The Bertz CT molecular complexity index is 1450. The Hall–Kier alpha value is -4.41. The van der Waals surface area contributed by atoms with Gasteiger partial charge >= 0.3 is 0 Å². The Balaban J connectivity index is 1.71. The maximum Gasteiger partial charge on any atom is 0.247 e. The van der Waals surface area contributed by atoms with Crippen molar-refractivity contribution in [3.8, 4) is 11.6 Å². The third-order valence-electron chi connectivity index (χ3n) is 6.15. The number of rotatable bonds is 11. The fourth-order valence-corrected chi connectivity index (χ4v) is 4.14. The van der Waals surface area contributed by atoms with Crippen molar-refractivity contribution in [2.75, 3.05) is 56.9 Å². The van der Waals surface area contributed by atoms with Gasteiger partial charge in [-0.2, -0.15) is 4.98 Å². The lowest BCUT2D eigenvalue weighted by Crippen LogP contribution is -2.29. The highest BCUT2D eigenvalue weighted by Crippen LogP contribution is 2.38. The highest BCUT2D eigenvalue weighted by atomic mass is 16.5. The molecule has 0 aliphatic heterocycles. The molecule has 2 heterocycles. The molecule has 0 bridgehead atoms. The van der Waals surface area contributed by atoms with E-state index >= 15 is 0 Å². The van der Waals surface area contributed by atoms with Gasteiger partial charge in [0.05, 0.1) is 36.3 Å². The van der Waals surface area contributed by atoms with Crippen LogP contribution in [0.2, 0.25) is 0 Å². The number of anilines is 4. The van der Waals surface area contributed by atoms with Crippen molar-refractivity contribution in [1.29, 1.82) is 0 Å². The number of carbonyl (C=O) groups is 1. The van der Waals surface area contributed by atoms with Gasteiger partial charge in [-0.15, -0.1) is 0 Å². The molecule has 0 aliphatic carbocycles. The topological polar surface area (TPSA) is 108 Å². The molecule has 10 nitrogen and oxygen atoms in total. The summed E-state index contributed by atoms with van der Waals surface area (Å²) in [6.45, 7) is 5.07. The minimum atomic E-state index is -0.319. The molecule has 3 N–H and O–H groups in total. The summed E-state index contributed by atoms with van der Waals surface area (Å²) in [7, 11) is 7.57. The summed E-state index contributed by atoms with van der Waals surface area (Å²) in [6.07, 6.45) is 4.77. The summed E-state index contributed by atoms with van der Waals surface area (Å²) in [4.78, 5) is 25.5. The zero-order valence-corrected chi connectivity index (χ0v) is 22.1. The number of amides is 1. The number of benzene rings is 2. The highest BCUT2D eigenvalue weighted by Gasteiger charge is 2.17. The van der Waals surface area contributed by atoms with E-state index < -0.39 is 0 Å². The van der Waals surface area contributed by atoms with Crippen molar-refractivity contribution in [2.45, 2.75) is 6.61 Å². The zero-order chi connectivity index (χ0) is 27.2. The number of aliphatic hydroxyl groups is 1. The average molecular weight is 516 g/mol. The van der Waals surface area contributed by atoms with E-state index in [1.807, 2.05) is 62.2 Å². The predicted molar refractivity (Wildman–Crippen MR) is 152 cm³/mol. The van der Waals surface area contributed by atoms with Crippen LogP contribution in [-0.2, 0) is 11.4 Å². The molecule has 10 heteroatoms. The predicted octanol–water partition coefficient (Wildman–Crippen LogP) is 3.79. The minimum absolute atomic E-state index is 0.0740.